The fraction of sp³-hybridized carbons (Fsp3) is 0.444. The Morgan fingerprint density at radius 3 is 2.67 bits per heavy atom. The van der Waals surface area contributed by atoms with E-state index in [1.165, 1.54) is 16.6 Å². The van der Waals surface area contributed by atoms with Crippen LogP contribution in [0.4, 0.5) is 11.5 Å². The van der Waals surface area contributed by atoms with Crippen molar-refractivity contribution >= 4 is 17.4 Å². The van der Waals surface area contributed by atoms with E-state index in [0.717, 1.165) is 0 Å². The summed E-state index contributed by atoms with van der Waals surface area (Å²) >= 11 is 0. The minimum atomic E-state index is -0.727. The standard InChI is InChI=1S/C18H25N5O4/c1-11(2)10-23-15(19)14(16(24)21-18(23)26)22(8-9-27-4)17(25)13-7-5-6-12(3)20-13/h5-7,11H,8-10,19H2,1-4H3,(H,21,24,26). The molecule has 0 atom stereocenters. The highest BCUT2D eigenvalue weighted by atomic mass is 16.5. The molecule has 0 aliphatic rings. The first kappa shape index (κ1) is 20.4. The van der Waals surface area contributed by atoms with E-state index in [2.05, 4.69) is 9.97 Å². The van der Waals surface area contributed by atoms with E-state index in [1.54, 1.807) is 25.1 Å². The van der Waals surface area contributed by atoms with Crippen molar-refractivity contribution in [1.82, 2.24) is 14.5 Å². The quantitative estimate of drug-likeness (QED) is 0.737. The Labute approximate surface area is 156 Å². The smallest absolute Gasteiger partial charge is 0.330 e. The topological polar surface area (TPSA) is 123 Å². The number of aryl methyl sites for hydroxylation is 1. The molecule has 9 nitrogen and oxygen atoms in total. The van der Waals surface area contributed by atoms with Crippen molar-refractivity contribution in [3.8, 4) is 0 Å². The predicted molar refractivity (Wildman–Crippen MR) is 103 cm³/mol. The number of aromatic amines is 1. The van der Waals surface area contributed by atoms with Gasteiger partial charge in [-0.1, -0.05) is 19.9 Å². The van der Waals surface area contributed by atoms with Crippen molar-refractivity contribution in [1.29, 1.82) is 0 Å². The second-order valence-corrected chi connectivity index (χ2v) is 6.61. The Morgan fingerprint density at radius 1 is 1.37 bits per heavy atom. The predicted octanol–water partition coefficient (Wildman–Crippen LogP) is 0.771. The van der Waals surface area contributed by atoms with Crippen molar-refractivity contribution in [2.24, 2.45) is 5.92 Å². The molecule has 0 aliphatic heterocycles. The lowest BCUT2D eigenvalue weighted by atomic mass is 10.2. The summed E-state index contributed by atoms with van der Waals surface area (Å²) in [4.78, 5) is 45.4. The molecule has 0 bridgehead atoms. The van der Waals surface area contributed by atoms with Crippen molar-refractivity contribution in [3.05, 3.63) is 50.4 Å². The van der Waals surface area contributed by atoms with E-state index in [4.69, 9.17) is 10.5 Å². The molecular formula is C18H25N5O4. The zero-order chi connectivity index (χ0) is 20.1. The highest BCUT2D eigenvalue weighted by molar-refractivity contribution is 6.06. The molecule has 2 heterocycles. The number of anilines is 2. The van der Waals surface area contributed by atoms with Gasteiger partial charge in [0.15, 0.2) is 5.69 Å². The molecule has 146 valence electrons. The molecule has 3 N–H and O–H groups in total. The Morgan fingerprint density at radius 2 is 2.07 bits per heavy atom. The number of hydrogen-bond acceptors (Lipinski definition) is 6. The minimum absolute atomic E-state index is 0.0606. The summed E-state index contributed by atoms with van der Waals surface area (Å²) in [5, 5.41) is 0. The maximum atomic E-state index is 13.0. The van der Waals surface area contributed by atoms with E-state index in [0.29, 0.717) is 12.2 Å². The molecule has 9 heteroatoms. The second kappa shape index (κ2) is 8.63. The first-order valence-electron chi connectivity index (χ1n) is 8.63. The zero-order valence-electron chi connectivity index (χ0n) is 16.0. The molecule has 0 radical (unpaired) electrons. The lowest BCUT2D eigenvalue weighted by Crippen LogP contribution is -2.43. The number of nitrogens with one attached hydrogen (secondary N) is 1. The number of aromatic nitrogens is 3. The van der Waals surface area contributed by atoms with E-state index < -0.39 is 17.2 Å². The van der Waals surface area contributed by atoms with Gasteiger partial charge in [0.2, 0.25) is 0 Å². The van der Waals surface area contributed by atoms with Crippen LogP contribution >= 0.6 is 0 Å². The minimum Gasteiger partial charge on any atom is -0.383 e. The van der Waals surface area contributed by atoms with Crippen molar-refractivity contribution in [3.63, 3.8) is 0 Å². The number of carbonyl (C=O) groups excluding carboxylic acids is 1. The number of methoxy groups -OCH3 is 1. The Kier molecular flexibility index (Phi) is 6.51. The lowest BCUT2D eigenvalue weighted by molar-refractivity contribution is 0.0970. The Balaban J connectivity index is 2.61. The van der Waals surface area contributed by atoms with Gasteiger partial charge in [0, 0.05) is 25.9 Å². The average Bonchev–Trinajstić information content (AvgIpc) is 2.60. The molecule has 27 heavy (non-hydrogen) atoms. The van der Waals surface area contributed by atoms with Gasteiger partial charge in [0.05, 0.1) is 6.61 Å². The van der Waals surface area contributed by atoms with E-state index in [1.807, 2.05) is 13.8 Å². The SMILES string of the molecule is COCCN(C(=O)c1cccc(C)n1)c1c(N)n(CC(C)C)c(=O)[nH]c1=O. The number of hydrogen-bond donors (Lipinski definition) is 2. The number of nitrogen functional groups attached to an aromatic ring is 1. The summed E-state index contributed by atoms with van der Waals surface area (Å²) in [6.07, 6.45) is 0. The second-order valence-electron chi connectivity index (χ2n) is 6.61. The number of amides is 1. The average molecular weight is 375 g/mol. The fourth-order valence-corrected chi connectivity index (χ4v) is 2.68. The van der Waals surface area contributed by atoms with Crippen LogP contribution in [0.15, 0.2) is 27.8 Å². The molecule has 0 unspecified atom stereocenters. The van der Waals surface area contributed by atoms with Crippen LogP contribution in [0.5, 0.6) is 0 Å². The normalized spacial score (nSPS) is 11.0. The molecule has 0 aromatic carbocycles. The molecule has 2 aromatic rings. The van der Waals surface area contributed by atoms with Gasteiger partial charge in [0.25, 0.3) is 11.5 Å². The van der Waals surface area contributed by atoms with E-state index in [9.17, 15) is 14.4 Å². The van der Waals surface area contributed by atoms with Gasteiger partial charge in [-0.15, -0.1) is 0 Å². The van der Waals surface area contributed by atoms with Gasteiger partial charge in [-0.3, -0.25) is 24.0 Å². The van der Waals surface area contributed by atoms with Gasteiger partial charge >= 0.3 is 5.69 Å². The molecule has 0 aliphatic carbocycles. The lowest BCUT2D eigenvalue weighted by Gasteiger charge is -2.24. The number of ether oxygens (including phenoxy) is 1. The van der Waals surface area contributed by atoms with Crippen LogP contribution < -0.4 is 21.9 Å². The number of nitrogens with zero attached hydrogens (tertiary/aromatic N) is 3. The fourth-order valence-electron chi connectivity index (χ4n) is 2.68. The number of rotatable bonds is 7. The van der Waals surface area contributed by atoms with Gasteiger partial charge in [0.1, 0.15) is 11.5 Å². The Bertz CT molecular complexity index is 932. The monoisotopic (exact) mass is 375 g/mol. The molecule has 0 spiro atoms. The van der Waals surface area contributed by atoms with Crippen LogP contribution in [0.3, 0.4) is 0 Å². The Hall–Kier alpha value is -2.94. The van der Waals surface area contributed by atoms with Gasteiger partial charge < -0.3 is 10.5 Å². The van der Waals surface area contributed by atoms with Crippen LogP contribution in [0.25, 0.3) is 0 Å². The number of H-pyrrole nitrogens is 1. The highest BCUT2D eigenvalue weighted by Crippen LogP contribution is 2.19. The summed E-state index contributed by atoms with van der Waals surface area (Å²) in [6.45, 7) is 6.17. The maximum absolute atomic E-state index is 13.0. The summed E-state index contributed by atoms with van der Waals surface area (Å²) in [7, 11) is 1.49. The summed E-state index contributed by atoms with van der Waals surface area (Å²) < 4.78 is 6.33. The molecule has 0 saturated heterocycles. The third kappa shape index (κ3) is 4.62. The van der Waals surface area contributed by atoms with Crippen LogP contribution in [0, 0.1) is 12.8 Å². The van der Waals surface area contributed by atoms with Crippen LogP contribution in [0.1, 0.15) is 30.0 Å². The summed E-state index contributed by atoms with van der Waals surface area (Å²) in [5.41, 5.74) is 5.56. The first-order chi connectivity index (χ1) is 12.8. The number of pyridine rings is 1. The van der Waals surface area contributed by atoms with E-state index >= 15 is 0 Å². The molecule has 1 amide bonds. The number of nitrogens with two attached hydrogens (primary N) is 1. The third-order valence-electron chi connectivity index (χ3n) is 3.90. The largest absolute Gasteiger partial charge is 0.383 e. The number of carbonyl (C=O) groups is 1. The molecule has 0 saturated carbocycles. The van der Waals surface area contributed by atoms with E-state index in [-0.39, 0.29) is 36.3 Å². The summed E-state index contributed by atoms with van der Waals surface area (Å²) in [5.74, 6) is -0.442. The molecule has 2 aromatic heterocycles. The molecular weight excluding hydrogens is 350 g/mol. The third-order valence-corrected chi connectivity index (χ3v) is 3.90. The van der Waals surface area contributed by atoms with Gasteiger partial charge in [-0.05, 0) is 25.0 Å². The van der Waals surface area contributed by atoms with Gasteiger partial charge in [-0.2, -0.15) is 0 Å². The van der Waals surface area contributed by atoms with Crippen LogP contribution in [-0.4, -0.2) is 40.7 Å². The van der Waals surface area contributed by atoms with Crippen molar-refractivity contribution in [2.75, 3.05) is 30.9 Å². The first-order valence-corrected chi connectivity index (χ1v) is 8.63. The maximum Gasteiger partial charge on any atom is 0.330 e. The van der Waals surface area contributed by atoms with Crippen LogP contribution in [-0.2, 0) is 11.3 Å². The molecule has 2 rings (SSSR count). The van der Waals surface area contributed by atoms with Crippen molar-refractivity contribution < 1.29 is 9.53 Å². The molecule has 0 fully saturated rings. The van der Waals surface area contributed by atoms with Crippen molar-refractivity contribution in [2.45, 2.75) is 27.3 Å². The highest BCUT2D eigenvalue weighted by Gasteiger charge is 2.26. The van der Waals surface area contributed by atoms with Crippen LogP contribution in [0.2, 0.25) is 0 Å². The zero-order valence-corrected chi connectivity index (χ0v) is 16.0. The summed E-state index contributed by atoms with van der Waals surface area (Å²) in [6, 6.07) is 5.03. The van der Waals surface area contributed by atoms with Gasteiger partial charge in [-0.25, -0.2) is 9.78 Å².